The molecular weight excluding hydrogens is 304 g/mol. The lowest BCUT2D eigenvalue weighted by atomic mass is 9.95. The lowest BCUT2D eigenvalue weighted by Gasteiger charge is -2.18. The smallest absolute Gasteiger partial charge is 0.225 e. The van der Waals surface area contributed by atoms with Crippen molar-refractivity contribution in [2.75, 3.05) is 19.6 Å². The van der Waals surface area contributed by atoms with E-state index in [1.165, 1.54) is 24.1 Å². The highest BCUT2D eigenvalue weighted by Crippen LogP contribution is 2.22. The summed E-state index contributed by atoms with van der Waals surface area (Å²) in [6.07, 6.45) is 5.74. The van der Waals surface area contributed by atoms with Gasteiger partial charge in [0.25, 0.3) is 0 Å². The van der Waals surface area contributed by atoms with Crippen molar-refractivity contribution >= 4 is 11.8 Å². The molecule has 0 aromatic carbocycles. The van der Waals surface area contributed by atoms with E-state index in [4.69, 9.17) is 0 Å². The third kappa shape index (κ3) is 3.79. The Bertz CT molecular complexity index is 608. The molecule has 2 N–H and O–H groups in total. The second-order valence-corrected chi connectivity index (χ2v) is 7.47. The Morgan fingerprint density at radius 1 is 1.38 bits per heavy atom. The van der Waals surface area contributed by atoms with E-state index < -0.39 is 0 Å². The zero-order chi connectivity index (χ0) is 17.1. The molecule has 0 saturated carbocycles. The first-order valence-electron chi connectivity index (χ1n) is 9.15. The van der Waals surface area contributed by atoms with E-state index in [0.29, 0.717) is 25.4 Å². The number of likely N-dealkylation sites (tertiary alicyclic amines) is 1. The molecule has 1 aliphatic heterocycles. The first-order chi connectivity index (χ1) is 11.5. The van der Waals surface area contributed by atoms with Crippen molar-refractivity contribution in [1.29, 1.82) is 0 Å². The third-order valence-corrected chi connectivity index (χ3v) is 4.97. The van der Waals surface area contributed by atoms with E-state index in [0.717, 1.165) is 31.5 Å². The number of aryl methyl sites for hydroxylation is 1. The van der Waals surface area contributed by atoms with E-state index in [9.17, 15) is 9.59 Å². The number of nitrogens with one attached hydrogen (secondary N) is 2. The van der Waals surface area contributed by atoms with E-state index in [1.807, 2.05) is 4.90 Å². The third-order valence-electron chi connectivity index (χ3n) is 4.97. The molecule has 132 valence electrons. The summed E-state index contributed by atoms with van der Waals surface area (Å²) in [6.45, 7) is 6.06. The van der Waals surface area contributed by atoms with Crippen LogP contribution in [0.4, 0.5) is 0 Å². The van der Waals surface area contributed by atoms with Gasteiger partial charge in [0.05, 0.1) is 11.6 Å². The second-order valence-electron chi connectivity index (χ2n) is 7.47. The molecule has 0 bridgehead atoms. The number of nitrogens with zero attached hydrogens (tertiary/aromatic N) is 2. The van der Waals surface area contributed by atoms with Gasteiger partial charge in [0, 0.05) is 38.2 Å². The van der Waals surface area contributed by atoms with Crippen LogP contribution in [0.3, 0.4) is 0 Å². The Labute approximate surface area is 143 Å². The van der Waals surface area contributed by atoms with Crippen molar-refractivity contribution in [3.8, 4) is 0 Å². The Morgan fingerprint density at radius 3 is 2.96 bits per heavy atom. The van der Waals surface area contributed by atoms with Crippen LogP contribution in [-0.4, -0.2) is 46.5 Å². The Balaban J connectivity index is 1.46. The maximum atomic E-state index is 12.3. The minimum atomic E-state index is -0.204. The second kappa shape index (κ2) is 7.36. The fraction of sp³-hybridized carbons (Fsp3) is 0.722. The first-order valence-corrected chi connectivity index (χ1v) is 9.15. The van der Waals surface area contributed by atoms with Crippen molar-refractivity contribution in [3.05, 3.63) is 17.0 Å². The molecule has 1 fully saturated rings. The van der Waals surface area contributed by atoms with Crippen molar-refractivity contribution in [3.63, 3.8) is 0 Å². The molecule has 1 unspecified atom stereocenters. The molecule has 24 heavy (non-hydrogen) atoms. The number of H-pyrrole nitrogens is 1. The van der Waals surface area contributed by atoms with Gasteiger partial charge in [0.15, 0.2) is 0 Å². The van der Waals surface area contributed by atoms with Crippen LogP contribution in [0.5, 0.6) is 0 Å². The van der Waals surface area contributed by atoms with Crippen LogP contribution in [0, 0.1) is 11.8 Å². The summed E-state index contributed by atoms with van der Waals surface area (Å²) in [7, 11) is 0. The number of aromatic nitrogens is 2. The van der Waals surface area contributed by atoms with Gasteiger partial charge in [-0.05, 0) is 37.2 Å². The molecule has 1 aliphatic carbocycles. The summed E-state index contributed by atoms with van der Waals surface area (Å²) in [5.74, 6) is 0.329. The van der Waals surface area contributed by atoms with Gasteiger partial charge in [-0.2, -0.15) is 5.10 Å². The van der Waals surface area contributed by atoms with Gasteiger partial charge in [-0.1, -0.05) is 13.8 Å². The predicted molar refractivity (Wildman–Crippen MR) is 91.5 cm³/mol. The quantitative estimate of drug-likeness (QED) is 0.828. The van der Waals surface area contributed by atoms with E-state index >= 15 is 0 Å². The number of fused-ring (bicyclic) bond motifs is 1. The average Bonchev–Trinajstić information content (AvgIpc) is 3.11. The standard InChI is InChI=1S/C18H28N4O2/c1-12(2)10-22-11-13(9-17(22)23)18(24)19-8-7-16-14-5-3-4-6-15(14)20-21-16/h12-13H,3-11H2,1-2H3,(H,19,24)(H,20,21). The average molecular weight is 332 g/mol. The predicted octanol–water partition coefficient (Wildman–Crippen LogP) is 1.45. The van der Waals surface area contributed by atoms with Crippen molar-refractivity contribution in [1.82, 2.24) is 20.4 Å². The van der Waals surface area contributed by atoms with Crippen LogP contribution in [0.2, 0.25) is 0 Å². The molecular formula is C18H28N4O2. The van der Waals surface area contributed by atoms with Gasteiger partial charge in [-0.25, -0.2) is 0 Å². The highest BCUT2D eigenvalue weighted by Gasteiger charge is 2.34. The van der Waals surface area contributed by atoms with Crippen molar-refractivity contribution in [2.24, 2.45) is 11.8 Å². The Kier molecular flexibility index (Phi) is 5.21. The lowest BCUT2D eigenvalue weighted by Crippen LogP contribution is -2.35. The molecule has 0 spiro atoms. The van der Waals surface area contributed by atoms with E-state index in [2.05, 4.69) is 29.4 Å². The van der Waals surface area contributed by atoms with Crippen molar-refractivity contribution in [2.45, 2.75) is 52.4 Å². The van der Waals surface area contributed by atoms with Crippen LogP contribution >= 0.6 is 0 Å². The summed E-state index contributed by atoms with van der Waals surface area (Å²) in [5.41, 5.74) is 3.72. The van der Waals surface area contributed by atoms with Crippen LogP contribution < -0.4 is 5.32 Å². The zero-order valence-electron chi connectivity index (χ0n) is 14.7. The monoisotopic (exact) mass is 332 g/mol. The van der Waals surface area contributed by atoms with Crippen LogP contribution in [0.15, 0.2) is 0 Å². The summed E-state index contributed by atoms with van der Waals surface area (Å²) < 4.78 is 0. The fourth-order valence-corrected chi connectivity index (χ4v) is 3.77. The normalized spacial score (nSPS) is 20.5. The molecule has 6 nitrogen and oxygen atoms in total. The molecule has 2 aliphatic rings. The number of rotatable bonds is 6. The largest absolute Gasteiger partial charge is 0.355 e. The van der Waals surface area contributed by atoms with Gasteiger partial charge < -0.3 is 10.2 Å². The SMILES string of the molecule is CC(C)CN1CC(C(=O)NCCc2n[nH]c3c2CCCC3)CC1=O. The van der Waals surface area contributed by atoms with Crippen LogP contribution in [0.25, 0.3) is 0 Å². The molecule has 2 heterocycles. The maximum absolute atomic E-state index is 12.3. The molecule has 1 saturated heterocycles. The zero-order valence-corrected chi connectivity index (χ0v) is 14.7. The number of amides is 2. The van der Waals surface area contributed by atoms with E-state index in [-0.39, 0.29) is 17.7 Å². The summed E-state index contributed by atoms with van der Waals surface area (Å²) in [4.78, 5) is 26.1. The minimum absolute atomic E-state index is 0.000917. The minimum Gasteiger partial charge on any atom is -0.355 e. The number of aromatic amines is 1. The van der Waals surface area contributed by atoms with Gasteiger partial charge in [0.2, 0.25) is 11.8 Å². The molecule has 2 amide bonds. The van der Waals surface area contributed by atoms with Gasteiger partial charge in [-0.15, -0.1) is 0 Å². The fourth-order valence-electron chi connectivity index (χ4n) is 3.77. The summed E-state index contributed by atoms with van der Waals surface area (Å²) in [6, 6.07) is 0. The number of carbonyl (C=O) groups excluding carboxylic acids is 2. The molecule has 6 heteroatoms. The topological polar surface area (TPSA) is 78.1 Å². The highest BCUT2D eigenvalue weighted by atomic mass is 16.2. The number of hydrogen-bond donors (Lipinski definition) is 2. The molecule has 3 rings (SSSR count). The molecule has 1 aromatic heterocycles. The molecule has 1 atom stereocenters. The number of carbonyl (C=O) groups is 2. The Morgan fingerprint density at radius 2 is 2.17 bits per heavy atom. The van der Waals surface area contributed by atoms with Gasteiger partial charge in [0.1, 0.15) is 0 Å². The van der Waals surface area contributed by atoms with E-state index in [1.54, 1.807) is 0 Å². The lowest BCUT2D eigenvalue weighted by molar-refractivity contribution is -0.129. The maximum Gasteiger partial charge on any atom is 0.225 e. The highest BCUT2D eigenvalue weighted by molar-refractivity contribution is 5.89. The van der Waals surface area contributed by atoms with Gasteiger partial charge >= 0.3 is 0 Å². The van der Waals surface area contributed by atoms with Gasteiger partial charge in [-0.3, -0.25) is 14.7 Å². The first kappa shape index (κ1) is 17.0. The van der Waals surface area contributed by atoms with Crippen LogP contribution in [-0.2, 0) is 28.9 Å². The van der Waals surface area contributed by atoms with Crippen molar-refractivity contribution < 1.29 is 9.59 Å². The summed E-state index contributed by atoms with van der Waals surface area (Å²) >= 11 is 0. The molecule has 0 radical (unpaired) electrons. The Hall–Kier alpha value is -1.85. The van der Waals surface area contributed by atoms with Crippen LogP contribution in [0.1, 0.15) is 50.1 Å². The summed E-state index contributed by atoms with van der Waals surface area (Å²) in [5, 5.41) is 10.5. The molecule has 1 aromatic rings. The number of hydrogen-bond acceptors (Lipinski definition) is 3.